The largest absolute Gasteiger partial charge is 0.481 e. The summed E-state index contributed by atoms with van der Waals surface area (Å²) < 4.78 is 0. The zero-order valence-corrected chi connectivity index (χ0v) is 18.4. The van der Waals surface area contributed by atoms with Crippen LogP contribution in [0.3, 0.4) is 0 Å². The minimum Gasteiger partial charge on any atom is -0.481 e. The van der Waals surface area contributed by atoms with Crippen LogP contribution < -0.4 is 0 Å². The summed E-state index contributed by atoms with van der Waals surface area (Å²) in [7, 11) is 0. The predicted octanol–water partition coefficient (Wildman–Crippen LogP) is 3.48. The van der Waals surface area contributed by atoms with Crippen LogP contribution in [0.25, 0.3) is 0 Å². The van der Waals surface area contributed by atoms with Gasteiger partial charge in [-0.3, -0.25) is 19.2 Å². The van der Waals surface area contributed by atoms with Crippen molar-refractivity contribution in [2.24, 2.45) is 0 Å². The molecule has 0 aromatic rings. The van der Waals surface area contributed by atoms with Gasteiger partial charge in [-0.25, -0.2) is 0 Å². The summed E-state index contributed by atoms with van der Waals surface area (Å²) in [5.41, 5.74) is 0. The molecule has 8 nitrogen and oxygen atoms in total. The standard InChI is InChI=1S/4C4H8O2.W/c4*1-2-3-4(5)6;/h4*2-3H2,1H3,(H,5,6);. The molecule has 0 aliphatic carbocycles. The number of hydrogen-bond donors (Lipinski definition) is 4. The average molecular weight is 536 g/mol. The minimum atomic E-state index is -0.711. The van der Waals surface area contributed by atoms with Crippen LogP contribution in [-0.4, -0.2) is 44.3 Å². The molecule has 0 aliphatic heterocycles. The molecule has 0 amide bonds. The minimum absolute atomic E-state index is 0. The number of carbonyl (C=O) groups is 4. The third-order valence-corrected chi connectivity index (χ3v) is 1.86. The van der Waals surface area contributed by atoms with Gasteiger partial charge in [0.25, 0.3) is 0 Å². The van der Waals surface area contributed by atoms with E-state index in [-0.39, 0.29) is 21.1 Å². The van der Waals surface area contributed by atoms with E-state index < -0.39 is 23.9 Å². The fourth-order valence-corrected chi connectivity index (χ4v) is 0.855. The van der Waals surface area contributed by atoms with Crippen molar-refractivity contribution in [3.8, 4) is 0 Å². The molecule has 0 saturated carbocycles. The molecule has 0 aromatic carbocycles. The van der Waals surface area contributed by atoms with Gasteiger partial charge < -0.3 is 20.4 Å². The number of carboxylic acids is 4. The van der Waals surface area contributed by atoms with E-state index in [0.717, 1.165) is 25.7 Å². The van der Waals surface area contributed by atoms with Gasteiger partial charge in [0.1, 0.15) is 0 Å². The van der Waals surface area contributed by atoms with E-state index in [1.54, 1.807) is 0 Å². The van der Waals surface area contributed by atoms with E-state index in [9.17, 15) is 19.2 Å². The summed E-state index contributed by atoms with van der Waals surface area (Å²) >= 11 is 0. The van der Waals surface area contributed by atoms with E-state index in [4.69, 9.17) is 20.4 Å². The number of rotatable bonds is 8. The normalized spacial score (nSPS) is 7.84. The van der Waals surface area contributed by atoms with Gasteiger partial charge in [0.05, 0.1) is 0 Å². The maximum absolute atomic E-state index is 9.60. The number of aliphatic carboxylic acids is 4. The van der Waals surface area contributed by atoms with Crippen LogP contribution in [-0.2, 0) is 40.2 Å². The summed E-state index contributed by atoms with van der Waals surface area (Å²) in [5, 5.41) is 31.7. The molecule has 9 heteroatoms. The average Bonchev–Trinajstić information content (AvgIpc) is 2.39. The molecular formula is C16H32O8W. The summed E-state index contributed by atoms with van der Waals surface area (Å²) in [6.45, 7) is 7.37. The Balaban J connectivity index is -0.0000000702. The molecule has 0 heterocycles. The second kappa shape index (κ2) is 30.4. The zero-order valence-electron chi connectivity index (χ0n) is 15.5. The Labute approximate surface area is 163 Å². The smallest absolute Gasteiger partial charge is 0.303 e. The SMILES string of the molecule is CCCC(=O)O.CCCC(=O)O.CCCC(=O)O.CCCC(=O)O.[W]. The summed E-state index contributed by atoms with van der Waals surface area (Å²) in [4.78, 5) is 38.4. The first-order chi connectivity index (χ1) is 11.1. The van der Waals surface area contributed by atoms with Crippen molar-refractivity contribution in [3.63, 3.8) is 0 Å². The van der Waals surface area contributed by atoms with Crippen LogP contribution in [0.15, 0.2) is 0 Å². The van der Waals surface area contributed by atoms with Crippen molar-refractivity contribution in [3.05, 3.63) is 0 Å². The molecule has 0 atom stereocenters. The molecule has 0 aromatic heterocycles. The van der Waals surface area contributed by atoms with Crippen LogP contribution in [0.4, 0.5) is 0 Å². The Morgan fingerprint density at radius 3 is 0.600 bits per heavy atom. The third-order valence-electron chi connectivity index (χ3n) is 1.86. The molecule has 0 fully saturated rings. The van der Waals surface area contributed by atoms with Crippen molar-refractivity contribution in [1.82, 2.24) is 0 Å². The first-order valence-electron chi connectivity index (χ1n) is 7.95. The first kappa shape index (κ1) is 34.8. The Bertz CT molecular complexity index is 268. The Hall–Kier alpha value is -1.43. The molecule has 25 heavy (non-hydrogen) atoms. The zero-order chi connectivity index (χ0) is 20.0. The van der Waals surface area contributed by atoms with Gasteiger partial charge in [-0.05, 0) is 25.7 Å². The van der Waals surface area contributed by atoms with Crippen LogP contribution in [0, 0.1) is 0 Å². The van der Waals surface area contributed by atoms with Crippen LogP contribution in [0.5, 0.6) is 0 Å². The summed E-state index contributed by atoms with van der Waals surface area (Å²) in [6, 6.07) is 0. The molecule has 0 unspecified atom stereocenters. The molecule has 0 saturated heterocycles. The maximum atomic E-state index is 9.60. The molecule has 4 N–H and O–H groups in total. The molecule has 0 bridgehead atoms. The Morgan fingerprint density at radius 1 is 0.480 bits per heavy atom. The second-order valence-corrected chi connectivity index (χ2v) is 4.57. The van der Waals surface area contributed by atoms with Crippen molar-refractivity contribution >= 4 is 23.9 Å². The molecule has 0 aliphatic rings. The Morgan fingerprint density at radius 2 is 0.600 bits per heavy atom. The van der Waals surface area contributed by atoms with E-state index >= 15 is 0 Å². The number of hydrogen-bond acceptors (Lipinski definition) is 4. The summed E-state index contributed by atoms with van der Waals surface area (Å²) in [5.74, 6) is -2.84. The van der Waals surface area contributed by atoms with Crippen LogP contribution >= 0.6 is 0 Å². The van der Waals surface area contributed by atoms with Crippen LogP contribution in [0.1, 0.15) is 79.1 Å². The summed E-state index contributed by atoms with van der Waals surface area (Å²) in [6.07, 6.45) is 4.09. The van der Waals surface area contributed by atoms with Gasteiger partial charge in [0.15, 0.2) is 0 Å². The van der Waals surface area contributed by atoms with Gasteiger partial charge in [-0.1, -0.05) is 27.7 Å². The van der Waals surface area contributed by atoms with Gasteiger partial charge in [-0.2, -0.15) is 0 Å². The first-order valence-corrected chi connectivity index (χ1v) is 7.95. The van der Waals surface area contributed by atoms with Gasteiger partial charge in [0.2, 0.25) is 0 Å². The molecular weight excluding hydrogens is 504 g/mol. The van der Waals surface area contributed by atoms with E-state index in [0.29, 0.717) is 25.7 Å². The van der Waals surface area contributed by atoms with E-state index in [1.807, 2.05) is 27.7 Å². The maximum Gasteiger partial charge on any atom is 0.303 e. The Kier molecular flexibility index (Phi) is 42.4. The fraction of sp³-hybridized carbons (Fsp3) is 0.750. The fourth-order valence-electron chi connectivity index (χ4n) is 0.855. The quantitative estimate of drug-likeness (QED) is 0.369. The molecule has 0 radical (unpaired) electrons. The molecule has 150 valence electrons. The molecule has 0 rings (SSSR count). The van der Waals surface area contributed by atoms with Gasteiger partial charge in [-0.15, -0.1) is 0 Å². The third kappa shape index (κ3) is 85.5. The predicted molar refractivity (Wildman–Crippen MR) is 90.2 cm³/mol. The second-order valence-electron chi connectivity index (χ2n) is 4.57. The van der Waals surface area contributed by atoms with Crippen molar-refractivity contribution in [1.29, 1.82) is 0 Å². The van der Waals surface area contributed by atoms with Crippen molar-refractivity contribution in [2.45, 2.75) is 79.1 Å². The monoisotopic (exact) mass is 536 g/mol. The van der Waals surface area contributed by atoms with Gasteiger partial charge in [0, 0.05) is 46.7 Å². The van der Waals surface area contributed by atoms with Gasteiger partial charge >= 0.3 is 23.9 Å². The topological polar surface area (TPSA) is 149 Å². The molecule has 0 spiro atoms. The van der Waals surface area contributed by atoms with Crippen molar-refractivity contribution < 1.29 is 60.7 Å². The van der Waals surface area contributed by atoms with E-state index in [2.05, 4.69) is 0 Å². The van der Waals surface area contributed by atoms with Crippen LogP contribution in [0.2, 0.25) is 0 Å². The number of carboxylic acid groups (broad SMARTS) is 4. The van der Waals surface area contributed by atoms with Crippen molar-refractivity contribution in [2.75, 3.05) is 0 Å². The van der Waals surface area contributed by atoms with E-state index in [1.165, 1.54) is 0 Å².